The molecule has 3 rings (SSSR count). The molecule has 1 saturated heterocycles. The molecule has 1 aromatic rings. The van der Waals surface area contributed by atoms with Crippen molar-refractivity contribution in [2.45, 2.75) is 44.2 Å². The average Bonchev–Trinajstić information content (AvgIpc) is 3.15. The Morgan fingerprint density at radius 2 is 1.72 bits per heavy atom. The minimum Gasteiger partial charge on any atom is -0.387 e. The predicted molar refractivity (Wildman–Crippen MR) is 99.3 cm³/mol. The Kier molecular flexibility index (Phi) is 6.84. The van der Waals surface area contributed by atoms with E-state index >= 15 is 0 Å². The molecule has 1 heterocycles. The fourth-order valence-electron chi connectivity index (χ4n) is 3.85. The molecule has 2 aliphatic rings. The summed E-state index contributed by atoms with van der Waals surface area (Å²) in [5, 5.41) is 13.5. The monoisotopic (exact) mass is 345 g/mol. The third kappa shape index (κ3) is 5.80. The maximum atomic E-state index is 12.0. The van der Waals surface area contributed by atoms with Crippen LogP contribution in [0.5, 0.6) is 0 Å². The van der Waals surface area contributed by atoms with Gasteiger partial charge in [-0.3, -0.25) is 9.69 Å². The van der Waals surface area contributed by atoms with Crippen LogP contribution in [0.1, 0.15) is 43.8 Å². The number of hydrogen-bond acceptors (Lipinski definition) is 4. The van der Waals surface area contributed by atoms with Crippen molar-refractivity contribution in [2.24, 2.45) is 0 Å². The highest BCUT2D eigenvalue weighted by molar-refractivity contribution is 5.76. The summed E-state index contributed by atoms with van der Waals surface area (Å²) in [5.74, 6) is 0.203. The molecule has 5 nitrogen and oxygen atoms in total. The van der Waals surface area contributed by atoms with Crippen LogP contribution >= 0.6 is 0 Å². The fraction of sp³-hybridized carbons (Fsp3) is 0.650. The van der Waals surface area contributed by atoms with Crippen molar-refractivity contribution in [1.29, 1.82) is 0 Å². The fourth-order valence-corrected chi connectivity index (χ4v) is 3.85. The molecule has 0 spiro atoms. The molecule has 1 unspecified atom stereocenters. The molecule has 1 aliphatic carbocycles. The summed E-state index contributed by atoms with van der Waals surface area (Å²) in [7, 11) is 0. The molecule has 1 aromatic carbocycles. The van der Waals surface area contributed by atoms with Gasteiger partial charge in [-0.15, -0.1) is 0 Å². The Morgan fingerprint density at radius 1 is 1.08 bits per heavy atom. The van der Waals surface area contributed by atoms with Crippen molar-refractivity contribution >= 4 is 5.91 Å². The van der Waals surface area contributed by atoms with E-state index in [0.717, 1.165) is 51.1 Å². The summed E-state index contributed by atoms with van der Waals surface area (Å²) >= 11 is 0. The molecular formula is C20H31N3O2. The lowest BCUT2D eigenvalue weighted by Crippen LogP contribution is -2.48. The highest BCUT2D eigenvalue weighted by Crippen LogP contribution is 2.18. The first-order valence-corrected chi connectivity index (χ1v) is 9.68. The van der Waals surface area contributed by atoms with Crippen molar-refractivity contribution in [2.75, 3.05) is 39.3 Å². The first-order valence-electron chi connectivity index (χ1n) is 9.68. The van der Waals surface area contributed by atoms with E-state index in [9.17, 15) is 9.90 Å². The number of aliphatic hydroxyl groups excluding tert-OH is 1. The molecule has 1 amide bonds. The summed E-state index contributed by atoms with van der Waals surface area (Å²) in [6.07, 6.45) is 4.97. The predicted octanol–water partition coefficient (Wildman–Crippen LogP) is 1.79. The van der Waals surface area contributed by atoms with E-state index in [1.54, 1.807) is 0 Å². The molecule has 0 bridgehead atoms. The molecule has 2 N–H and O–H groups in total. The van der Waals surface area contributed by atoms with Gasteiger partial charge in [0.2, 0.25) is 5.91 Å². The van der Waals surface area contributed by atoms with E-state index in [1.807, 2.05) is 30.3 Å². The second-order valence-corrected chi connectivity index (χ2v) is 7.37. The van der Waals surface area contributed by atoms with Crippen LogP contribution in [0.4, 0.5) is 0 Å². The van der Waals surface area contributed by atoms with Gasteiger partial charge in [0.25, 0.3) is 0 Å². The lowest BCUT2D eigenvalue weighted by molar-refractivity contribution is -0.122. The number of β-amino-alcohol motifs (C(OH)–C–C–N with tert-alkyl or cyclic N) is 1. The Hall–Kier alpha value is -1.43. The maximum Gasteiger partial charge on any atom is 0.221 e. The van der Waals surface area contributed by atoms with E-state index in [-0.39, 0.29) is 5.91 Å². The van der Waals surface area contributed by atoms with E-state index in [4.69, 9.17) is 0 Å². The van der Waals surface area contributed by atoms with Crippen molar-refractivity contribution in [3.63, 3.8) is 0 Å². The Labute approximate surface area is 151 Å². The maximum absolute atomic E-state index is 12.0. The lowest BCUT2D eigenvalue weighted by Gasteiger charge is -2.35. The molecule has 1 atom stereocenters. The van der Waals surface area contributed by atoms with Crippen molar-refractivity contribution in [1.82, 2.24) is 15.1 Å². The standard InChI is InChI=1S/C20H31N3O2/c24-19(17-6-2-1-3-7-17)16-23-14-12-22(13-15-23)11-10-20(25)21-18-8-4-5-9-18/h1-3,6-7,18-19,24H,4-5,8-16H2,(H,21,25). The second kappa shape index (κ2) is 9.32. The van der Waals surface area contributed by atoms with Crippen molar-refractivity contribution in [3.8, 4) is 0 Å². The van der Waals surface area contributed by atoms with Gasteiger partial charge in [-0.05, 0) is 18.4 Å². The van der Waals surface area contributed by atoms with Crippen LogP contribution < -0.4 is 5.32 Å². The minimum absolute atomic E-state index is 0.203. The molecular weight excluding hydrogens is 314 g/mol. The van der Waals surface area contributed by atoms with E-state index in [0.29, 0.717) is 19.0 Å². The third-order valence-electron chi connectivity index (χ3n) is 5.46. The van der Waals surface area contributed by atoms with Gasteiger partial charge in [0.1, 0.15) is 0 Å². The van der Waals surface area contributed by atoms with Crippen LogP contribution in [0.2, 0.25) is 0 Å². The molecule has 1 saturated carbocycles. The van der Waals surface area contributed by atoms with Crippen molar-refractivity contribution < 1.29 is 9.90 Å². The highest BCUT2D eigenvalue weighted by Gasteiger charge is 2.21. The van der Waals surface area contributed by atoms with Gasteiger partial charge in [0.15, 0.2) is 0 Å². The smallest absolute Gasteiger partial charge is 0.221 e. The Balaban J connectivity index is 1.32. The Morgan fingerprint density at radius 3 is 2.40 bits per heavy atom. The number of nitrogens with zero attached hydrogens (tertiary/aromatic N) is 2. The highest BCUT2D eigenvalue weighted by atomic mass is 16.3. The molecule has 25 heavy (non-hydrogen) atoms. The first kappa shape index (κ1) is 18.4. The largest absolute Gasteiger partial charge is 0.387 e. The number of carbonyl (C=O) groups excluding carboxylic acids is 1. The van der Waals surface area contributed by atoms with Gasteiger partial charge in [0, 0.05) is 51.7 Å². The van der Waals surface area contributed by atoms with E-state index in [1.165, 1.54) is 12.8 Å². The second-order valence-electron chi connectivity index (χ2n) is 7.37. The van der Waals surface area contributed by atoms with Gasteiger partial charge in [-0.1, -0.05) is 43.2 Å². The molecule has 2 fully saturated rings. The summed E-state index contributed by atoms with van der Waals surface area (Å²) in [6.45, 7) is 5.37. The number of nitrogens with one attached hydrogen (secondary N) is 1. The zero-order chi connectivity index (χ0) is 17.5. The van der Waals surface area contributed by atoms with Crippen LogP contribution in [0.3, 0.4) is 0 Å². The summed E-state index contributed by atoms with van der Waals surface area (Å²) in [5.41, 5.74) is 0.980. The normalized spacial score (nSPS) is 21.3. The van der Waals surface area contributed by atoms with Crippen LogP contribution in [-0.4, -0.2) is 66.1 Å². The van der Waals surface area contributed by atoms with Crippen LogP contribution in [0, 0.1) is 0 Å². The quantitative estimate of drug-likeness (QED) is 0.791. The zero-order valence-corrected chi connectivity index (χ0v) is 15.1. The lowest BCUT2D eigenvalue weighted by atomic mass is 10.1. The number of amides is 1. The van der Waals surface area contributed by atoms with Crippen molar-refractivity contribution in [3.05, 3.63) is 35.9 Å². The van der Waals surface area contributed by atoms with Gasteiger partial charge < -0.3 is 15.3 Å². The third-order valence-corrected chi connectivity index (χ3v) is 5.46. The first-order chi connectivity index (χ1) is 12.2. The van der Waals surface area contributed by atoms with E-state index in [2.05, 4.69) is 15.1 Å². The van der Waals surface area contributed by atoms with Gasteiger partial charge in [-0.2, -0.15) is 0 Å². The summed E-state index contributed by atoms with van der Waals surface area (Å²) in [4.78, 5) is 16.7. The number of benzene rings is 1. The molecule has 0 radical (unpaired) electrons. The molecule has 0 aromatic heterocycles. The SMILES string of the molecule is O=C(CCN1CCN(CC(O)c2ccccc2)CC1)NC1CCCC1. The van der Waals surface area contributed by atoms with Crippen LogP contribution in [0.15, 0.2) is 30.3 Å². The van der Waals surface area contributed by atoms with E-state index < -0.39 is 6.10 Å². The molecule has 138 valence electrons. The van der Waals surface area contributed by atoms with Gasteiger partial charge in [0.05, 0.1) is 6.10 Å². The average molecular weight is 345 g/mol. The summed E-state index contributed by atoms with van der Waals surface area (Å²) in [6, 6.07) is 10.3. The zero-order valence-electron chi connectivity index (χ0n) is 15.1. The number of aliphatic hydroxyl groups is 1. The topological polar surface area (TPSA) is 55.8 Å². The minimum atomic E-state index is -0.426. The van der Waals surface area contributed by atoms with Crippen LogP contribution in [-0.2, 0) is 4.79 Å². The molecule has 5 heteroatoms. The molecule has 1 aliphatic heterocycles. The number of carbonyl (C=O) groups is 1. The number of rotatable bonds is 7. The number of hydrogen-bond donors (Lipinski definition) is 2. The van der Waals surface area contributed by atoms with Gasteiger partial charge in [-0.25, -0.2) is 0 Å². The Bertz CT molecular complexity index is 523. The van der Waals surface area contributed by atoms with Crippen LogP contribution in [0.25, 0.3) is 0 Å². The van der Waals surface area contributed by atoms with Gasteiger partial charge >= 0.3 is 0 Å². The number of piperazine rings is 1. The summed E-state index contributed by atoms with van der Waals surface area (Å²) < 4.78 is 0.